The van der Waals surface area contributed by atoms with E-state index in [4.69, 9.17) is 20.3 Å². The van der Waals surface area contributed by atoms with Crippen molar-refractivity contribution in [1.29, 1.82) is 0 Å². The first-order valence-electron chi connectivity index (χ1n) is 4.83. The molecule has 0 aliphatic rings. The van der Waals surface area contributed by atoms with Crippen molar-refractivity contribution in [3.8, 4) is 11.5 Å². The topological polar surface area (TPSA) is 81.8 Å². The van der Waals surface area contributed by atoms with Gasteiger partial charge < -0.3 is 20.3 Å². The van der Waals surface area contributed by atoms with Gasteiger partial charge in [-0.25, -0.2) is 4.79 Å². The van der Waals surface area contributed by atoms with E-state index in [0.717, 1.165) is 5.56 Å². The summed E-state index contributed by atoms with van der Waals surface area (Å²) < 4.78 is 10.1. The molecule has 16 heavy (non-hydrogen) atoms. The van der Waals surface area contributed by atoms with Crippen LogP contribution in [0, 0.1) is 0 Å². The maximum atomic E-state index is 11.1. The van der Waals surface area contributed by atoms with E-state index in [-0.39, 0.29) is 17.0 Å². The first-order chi connectivity index (χ1) is 7.56. The smallest absolute Gasteiger partial charge is 0.341 e. The summed E-state index contributed by atoms with van der Waals surface area (Å²) in [5.74, 6) is -0.585. The molecule has 0 radical (unpaired) electrons. The SMILES string of the molecule is CCc1cc(OC)c(OC)c(C(=O)O)c1N. The van der Waals surface area contributed by atoms with Crippen LogP contribution in [0.4, 0.5) is 5.69 Å². The third-order valence-corrected chi connectivity index (χ3v) is 2.39. The molecule has 0 aliphatic heterocycles. The number of anilines is 1. The minimum absolute atomic E-state index is 0.0429. The van der Waals surface area contributed by atoms with Crippen LogP contribution in [0.1, 0.15) is 22.8 Å². The summed E-state index contributed by atoms with van der Waals surface area (Å²) in [4.78, 5) is 11.1. The van der Waals surface area contributed by atoms with E-state index in [0.29, 0.717) is 12.2 Å². The molecule has 5 nitrogen and oxygen atoms in total. The number of carboxylic acids is 1. The number of hydrogen-bond acceptors (Lipinski definition) is 4. The van der Waals surface area contributed by atoms with E-state index < -0.39 is 5.97 Å². The Balaban J connectivity index is 3.57. The van der Waals surface area contributed by atoms with Gasteiger partial charge in [-0.05, 0) is 18.1 Å². The Hall–Kier alpha value is -1.91. The highest BCUT2D eigenvalue weighted by Gasteiger charge is 2.22. The van der Waals surface area contributed by atoms with Gasteiger partial charge in [0.2, 0.25) is 0 Å². The first kappa shape index (κ1) is 12.2. The van der Waals surface area contributed by atoms with Crippen LogP contribution in [-0.4, -0.2) is 25.3 Å². The second kappa shape index (κ2) is 4.74. The summed E-state index contributed by atoms with van der Waals surface area (Å²) in [5.41, 5.74) is 6.70. The molecule has 0 unspecified atom stereocenters. The molecule has 1 aromatic rings. The van der Waals surface area contributed by atoms with E-state index in [1.54, 1.807) is 6.07 Å². The Labute approximate surface area is 93.8 Å². The molecule has 0 heterocycles. The van der Waals surface area contributed by atoms with E-state index >= 15 is 0 Å². The van der Waals surface area contributed by atoms with E-state index in [9.17, 15) is 4.79 Å². The predicted octanol–water partition coefficient (Wildman–Crippen LogP) is 1.55. The third-order valence-electron chi connectivity index (χ3n) is 2.39. The second-order valence-electron chi connectivity index (χ2n) is 3.22. The zero-order chi connectivity index (χ0) is 12.3. The van der Waals surface area contributed by atoms with E-state index in [2.05, 4.69) is 0 Å². The maximum absolute atomic E-state index is 11.1. The highest BCUT2D eigenvalue weighted by Crippen LogP contribution is 2.37. The van der Waals surface area contributed by atoms with Gasteiger partial charge in [0.15, 0.2) is 11.5 Å². The summed E-state index contributed by atoms with van der Waals surface area (Å²) in [6.07, 6.45) is 0.631. The molecular weight excluding hydrogens is 210 g/mol. The number of benzene rings is 1. The molecule has 0 bridgehead atoms. The van der Waals surface area contributed by atoms with Crippen LogP contribution in [0.25, 0.3) is 0 Å². The zero-order valence-electron chi connectivity index (χ0n) is 9.53. The molecule has 0 atom stereocenters. The summed E-state index contributed by atoms with van der Waals surface area (Å²) in [6, 6.07) is 1.70. The maximum Gasteiger partial charge on any atom is 0.341 e. The molecule has 0 aliphatic carbocycles. The van der Waals surface area contributed by atoms with E-state index in [1.807, 2.05) is 6.92 Å². The van der Waals surface area contributed by atoms with E-state index in [1.165, 1.54) is 14.2 Å². The van der Waals surface area contributed by atoms with Crippen LogP contribution < -0.4 is 15.2 Å². The lowest BCUT2D eigenvalue weighted by molar-refractivity contribution is 0.0693. The van der Waals surface area contributed by atoms with Crippen LogP contribution in [0.5, 0.6) is 11.5 Å². The molecule has 88 valence electrons. The number of rotatable bonds is 4. The Bertz CT molecular complexity index is 415. The van der Waals surface area contributed by atoms with Crippen molar-refractivity contribution in [3.63, 3.8) is 0 Å². The number of methoxy groups -OCH3 is 2. The van der Waals surface area contributed by atoms with Crippen molar-refractivity contribution in [3.05, 3.63) is 17.2 Å². The minimum atomic E-state index is -1.12. The number of hydrogen-bond donors (Lipinski definition) is 2. The molecule has 1 aromatic carbocycles. The van der Waals surface area contributed by atoms with Gasteiger partial charge in [0.25, 0.3) is 0 Å². The van der Waals surface area contributed by atoms with Crippen LogP contribution in [-0.2, 0) is 6.42 Å². The Morgan fingerprint density at radius 2 is 2.06 bits per heavy atom. The predicted molar refractivity (Wildman–Crippen MR) is 60.3 cm³/mol. The standard InChI is InChI=1S/C11H15NO4/c1-4-6-5-7(15-2)10(16-3)8(9(6)12)11(13)14/h5H,4,12H2,1-3H3,(H,13,14). The summed E-state index contributed by atoms with van der Waals surface area (Å²) >= 11 is 0. The molecule has 1 rings (SSSR count). The van der Waals surface area contributed by atoms with Crippen molar-refractivity contribution in [1.82, 2.24) is 0 Å². The fourth-order valence-corrected chi connectivity index (χ4v) is 1.57. The van der Waals surface area contributed by atoms with Crippen molar-refractivity contribution < 1.29 is 19.4 Å². The summed E-state index contributed by atoms with van der Waals surface area (Å²) in [5, 5.41) is 9.10. The van der Waals surface area contributed by atoms with Crippen molar-refractivity contribution in [2.24, 2.45) is 0 Å². The lowest BCUT2D eigenvalue weighted by Gasteiger charge is -2.15. The Morgan fingerprint density at radius 1 is 1.44 bits per heavy atom. The lowest BCUT2D eigenvalue weighted by atomic mass is 10.0. The molecule has 5 heteroatoms. The number of carboxylic acid groups (broad SMARTS) is 1. The molecule has 0 saturated heterocycles. The quantitative estimate of drug-likeness (QED) is 0.760. The monoisotopic (exact) mass is 225 g/mol. The minimum Gasteiger partial charge on any atom is -0.493 e. The van der Waals surface area contributed by atoms with Crippen LogP contribution in [0.3, 0.4) is 0 Å². The molecule has 0 spiro atoms. The van der Waals surface area contributed by atoms with Gasteiger partial charge >= 0.3 is 5.97 Å². The molecule has 3 N–H and O–H groups in total. The van der Waals surface area contributed by atoms with Gasteiger partial charge in [0, 0.05) is 0 Å². The first-order valence-corrected chi connectivity index (χ1v) is 4.83. The molecule has 0 saturated carbocycles. The second-order valence-corrected chi connectivity index (χ2v) is 3.22. The summed E-state index contributed by atoms with van der Waals surface area (Å²) in [7, 11) is 2.84. The van der Waals surface area contributed by atoms with Gasteiger partial charge in [-0.15, -0.1) is 0 Å². The lowest BCUT2D eigenvalue weighted by Crippen LogP contribution is -2.09. The average Bonchev–Trinajstić information content (AvgIpc) is 2.27. The fourth-order valence-electron chi connectivity index (χ4n) is 1.57. The molecule has 0 aromatic heterocycles. The number of aromatic carboxylic acids is 1. The molecular formula is C11H15NO4. The Kier molecular flexibility index (Phi) is 3.60. The fraction of sp³-hybridized carbons (Fsp3) is 0.364. The largest absolute Gasteiger partial charge is 0.493 e. The van der Waals surface area contributed by atoms with Gasteiger partial charge in [-0.2, -0.15) is 0 Å². The van der Waals surface area contributed by atoms with Crippen molar-refractivity contribution in [2.75, 3.05) is 20.0 Å². The van der Waals surface area contributed by atoms with Gasteiger partial charge in [0.1, 0.15) is 5.56 Å². The highest BCUT2D eigenvalue weighted by atomic mass is 16.5. The van der Waals surface area contributed by atoms with Gasteiger partial charge in [-0.1, -0.05) is 6.92 Å². The van der Waals surface area contributed by atoms with Crippen molar-refractivity contribution >= 4 is 11.7 Å². The van der Waals surface area contributed by atoms with Crippen LogP contribution in [0.15, 0.2) is 6.07 Å². The highest BCUT2D eigenvalue weighted by molar-refractivity contribution is 5.98. The van der Waals surface area contributed by atoms with Crippen LogP contribution >= 0.6 is 0 Å². The summed E-state index contributed by atoms with van der Waals surface area (Å²) in [6.45, 7) is 1.89. The number of carbonyl (C=O) groups is 1. The Morgan fingerprint density at radius 3 is 2.44 bits per heavy atom. The number of ether oxygens (including phenoxy) is 2. The van der Waals surface area contributed by atoms with Gasteiger partial charge in [-0.3, -0.25) is 0 Å². The van der Waals surface area contributed by atoms with Crippen molar-refractivity contribution in [2.45, 2.75) is 13.3 Å². The molecule has 0 fully saturated rings. The van der Waals surface area contributed by atoms with Gasteiger partial charge in [0.05, 0.1) is 19.9 Å². The number of nitrogens with two attached hydrogens (primary N) is 1. The number of aryl methyl sites for hydroxylation is 1. The number of nitrogen functional groups attached to an aromatic ring is 1. The third kappa shape index (κ3) is 1.88. The molecule has 0 amide bonds. The normalized spacial score (nSPS) is 9.94. The zero-order valence-corrected chi connectivity index (χ0v) is 9.53. The van der Waals surface area contributed by atoms with Crippen LogP contribution in [0.2, 0.25) is 0 Å². The average molecular weight is 225 g/mol.